The number of nitrogens with zero attached hydrogens (tertiary/aromatic N) is 2. The van der Waals surface area contributed by atoms with Gasteiger partial charge in [0.05, 0.1) is 4.92 Å². The van der Waals surface area contributed by atoms with E-state index in [-0.39, 0.29) is 5.69 Å². The van der Waals surface area contributed by atoms with Gasteiger partial charge in [0.1, 0.15) is 12.5 Å². The molecule has 2 atom stereocenters. The predicted molar refractivity (Wildman–Crippen MR) is 67.9 cm³/mol. The van der Waals surface area contributed by atoms with Crippen LogP contribution in [-0.2, 0) is 0 Å². The fraction of sp³-hybridized carbons (Fsp3) is 0.167. The van der Waals surface area contributed by atoms with Crippen molar-refractivity contribution in [2.24, 2.45) is 0 Å². The Morgan fingerprint density at radius 1 is 1.32 bits per heavy atom. The first-order chi connectivity index (χ1) is 8.92. The van der Waals surface area contributed by atoms with E-state index in [0.717, 1.165) is 29.2 Å². The SMILES string of the molecule is C=CC(O)N(c1ccc(F)c([N+](=O)[O-])c1)C(O)C=C. The third kappa shape index (κ3) is 3.15. The molecule has 0 radical (unpaired) electrons. The second kappa shape index (κ2) is 6.07. The Labute approximate surface area is 108 Å². The third-order valence-electron chi connectivity index (χ3n) is 2.42. The highest BCUT2D eigenvalue weighted by atomic mass is 19.1. The van der Waals surface area contributed by atoms with E-state index in [2.05, 4.69) is 13.2 Å². The van der Waals surface area contributed by atoms with Crippen LogP contribution < -0.4 is 4.90 Å². The highest BCUT2D eigenvalue weighted by molar-refractivity contribution is 5.55. The van der Waals surface area contributed by atoms with Gasteiger partial charge in [0.15, 0.2) is 0 Å². The smallest absolute Gasteiger partial charge is 0.306 e. The summed E-state index contributed by atoms with van der Waals surface area (Å²) in [6.45, 7) is 6.71. The molecule has 1 aromatic rings. The van der Waals surface area contributed by atoms with E-state index in [4.69, 9.17) is 0 Å². The van der Waals surface area contributed by atoms with E-state index in [1.165, 1.54) is 6.07 Å². The Morgan fingerprint density at radius 2 is 1.84 bits per heavy atom. The van der Waals surface area contributed by atoms with Crippen molar-refractivity contribution < 1.29 is 19.5 Å². The van der Waals surface area contributed by atoms with Crippen molar-refractivity contribution in [3.05, 3.63) is 59.4 Å². The summed E-state index contributed by atoms with van der Waals surface area (Å²) in [6, 6.07) is 2.99. The molecule has 0 bridgehead atoms. The second-order valence-corrected chi connectivity index (χ2v) is 3.60. The molecule has 0 spiro atoms. The number of rotatable bonds is 6. The molecular weight excluding hydrogens is 255 g/mol. The molecule has 7 heteroatoms. The highest BCUT2D eigenvalue weighted by Crippen LogP contribution is 2.26. The number of hydrogen-bond donors (Lipinski definition) is 2. The fourth-order valence-electron chi connectivity index (χ4n) is 1.49. The van der Waals surface area contributed by atoms with Gasteiger partial charge in [-0.05, 0) is 24.3 Å². The van der Waals surface area contributed by atoms with Crippen molar-refractivity contribution in [2.45, 2.75) is 12.5 Å². The van der Waals surface area contributed by atoms with Gasteiger partial charge in [0, 0.05) is 11.8 Å². The highest BCUT2D eigenvalue weighted by Gasteiger charge is 2.23. The molecule has 6 nitrogen and oxygen atoms in total. The first-order valence-corrected chi connectivity index (χ1v) is 5.26. The molecule has 1 rings (SSSR count). The summed E-state index contributed by atoms with van der Waals surface area (Å²) in [4.78, 5) is 10.8. The molecule has 2 N–H and O–H groups in total. The number of nitro benzene ring substituents is 1. The molecule has 0 aliphatic rings. The van der Waals surface area contributed by atoms with Crippen molar-refractivity contribution in [3.63, 3.8) is 0 Å². The maximum absolute atomic E-state index is 13.2. The van der Waals surface area contributed by atoms with Crippen molar-refractivity contribution in [1.82, 2.24) is 0 Å². The molecule has 1 aromatic carbocycles. The zero-order valence-electron chi connectivity index (χ0n) is 9.94. The summed E-state index contributed by atoms with van der Waals surface area (Å²) in [5.74, 6) is -1.00. The largest absolute Gasteiger partial charge is 0.370 e. The van der Waals surface area contributed by atoms with E-state index < -0.39 is 28.9 Å². The average molecular weight is 268 g/mol. The van der Waals surface area contributed by atoms with E-state index in [1.807, 2.05) is 0 Å². The van der Waals surface area contributed by atoms with Crippen LogP contribution in [0.25, 0.3) is 0 Å². The standard InChI is InChI=1S/C12H13FN2O4/c1-3-11(16)14(12(17)4-2)8-5-6-9(13)10(7-8)15(18)19/h3-7,11-12,16-17H,1-2H2. The minimum Gasteiger partial charge on any atom is -0.370 e. The number of halogens is 1. The molecule has 0 saturated heterocycles. The van der Waals surface area contributed by atoms with Crippen LogP contribution in [0, 0.1) is 15.9 Å². The number of anilines is 1. The van der Waals surface area contributed by atoms with E-state index in [0.29, 0.717) is 0 Å². The van der Waals surface area contributed by atoms with Crippen molar-refractivity contribution in [2.75, 3.05) is 4.90 Å². The lowest BCUT2D eigenvalue weighted by molar-refractivity contribution is -0.387. The lowest BCUT2D eigenvalue weighted by atomic mass is 10.2. The molecule has 0 heterocycles. The molecule has 19 heavy (non-hydrogen) atoms. The van der Waals surface area contributed by atoms with Gasteiger partial charge >= 0.3 is 5.69 Å². The summed E-state index contributed by atoms with van der Waals surface area (Å²) < 4.78 is 13.2. The number of nitro groups is 1. The molecule has 102 valence electrons. The number of aliphatic hydroxyl groups is 2. The average Bonchev–Trinajstić information content (AvgIpc) is 2.39. The predicted octanol–water partition coefficient (Wildman–Crippen LogP) is 1.55. The topological polar surface area (TPSA) is 86.8 Å². The summed E-state index contributed by atoms with van der Waals surface area (Å²) in [6.07, 6.45) is -0.389. The van der Waals surface area contributed by atoms with Gasteiger partial charge in [-0.2, -0.15) is 4.39 Å². The minimum absolute atomic E-state index is 0.0629. The van der Waals surface area contributed by atoms with E-state index >= 15 is 0 Å². The summed E-state index contributed by atoms with van der Waals surface area (Å²) >= 11 is 0. The Balaban J connectivity index is 3.30. The van der Waals surface area contributed by atoms with Gasteiger partial charge in [-0.15, -0.1) is 0 Å². The van der Waals surface area contributed by atoms with Crippen molar-refractivity contribution in [1.29, 1.82) is 0 Å². The van der Waals surface area contributed by atoms with Gasteiger partial charge in [-0.3, -0.25) is 10.1 Å². The van der Waals surface area contributed by atoms with Gasteiger partial charge in [0.25, 0.3) is 0 Å². The molecular formula is C12H13FN2O4. The molecule has 0 amide bonds. The van der Waals surface area contributed by atoms with Crippen LogP contribution in [0.4, 0.5) is 15.8 Å². The van der Waals surface area contributed by atoms with Gasteiger partial charge in [0.2, 0.25) is 5.82 Å². The maximum Gasteiger partial charge on any atom is 0.306 e. The molecule has 0 aliphatic carbocycles. The minimum atomic E-state index is -1.31. The Kier molecular flexibility index (Phi) is 4.74. The molecule has 2 unspecified atom stereocenters. The van der Waals surface area contributed by atoms with Crippen LogP contribution in [0.5, 0.6) is 0 Å². The molecule has 0 fully saturated rings. The van der Waals surface area contributed by atoms with Gasteiger partial charge < -0.3 is 15.1 Å². The van der Waals surface area contributed by atoms with E-state index in [9.17, 15) is 24.7 Å². The van der Waals surface area contributed by atoms with Crippen LogP contribution in [0.15, 0.2) is 43.5 Å². The monoisotopic (exact) mass is 268 g/mol. The zero-order valence-corrected chi connectivity index (χ0v) is 9.94. The summed E-state index contributed by atoms with van der Waals surface area (Å²) in [5.41, 5.74) is -0.692. The van der Waals surface area contributed by atoms with Gasteiger partial charge in [-0.25, -0.2) is 0 Å². The van der Waals surface area contributed by atoms with Gasteiger partial charge in [-0.1, -0.05) is 13.2 Å². The lowest BCUT2D eigenvalue weighted by Crippen LogP contribution is -2.41. The van der Waals surface area contributed by atoms with Crippen LogP contribution in [0.2, 0.25) is 0 Å². The fourth-order valence-corrected chi connectivity index (χ4v) is 1.49. The Hall–Kier alpha value is -2.25. The first-order valence-electron chi connectivity index (χ1n) is 5.26. The van der Waals surface area contributed by atoms with Crippen LogP contribution in [0.1, 0.15) is 0 Å². The number of benzene rings is 1. The second-order valence-electron chi connectivity index (χ2n) is 3.60. The van der Waals surface area contributed by atoms with Crippen LogP contribution >= 0.6 is 0 Å². The molecule has 0 saturated carbocycles. The first kappa shape index (κ1) is 14.8. The van der Waals surface area contributed by atoms with Crippen molar-refractivity contribution >= 4 is 11.4 Å². The maximum atomic E-state index is 13.2. The molecule has 0 aromatic heterocycles. The zero-order chi connectivity index (χ0) is 14.6. The quantitative estimate of drug-likeness (QED) is 0.354. The Morgan fingerprint density at radius 3 is 2.26 bits per heavy atom. The van der Waals surface area contributed by atoms with Crippen LogP contribution in [-0.4, -0.2) is 27.6 Å². The summed E-state index contributed by atoms with van der Waals surface area (Å²) in [5, 5.41) is 30.1. The number of hydrogen-bond acceptors (Lipinski definition) is 5. The van der Waals surface area contributed by atoms with E-state index in [1.54, 1.807) is 0 Å². The molecule has 0 aliphatic heterocycles. The van der Waals surface area contributed by atoms with Crippen LogP contribution in [0.3, 0.4) is 0 Å². The lowest BCUT2D eigenvalue weighted by Gasteiger charge is -2.30. The normalized spacial score (nSPS) is 13.4. The third-order valence-corrected chi connectivity index (χ3v) is 2.42. The van der Waals surface area contributed by atoms with Crippen molar-refractivity contribution in [3.8, 4) is 0 Å². The number of aliphatic hydroxyl groups excluding tert-OH is 2. The Bertz CT molecular complexity index is 493. The summed E-state index contributed by atoms with van der Waals surface area (Å²) in [7, 11) is 0.